The van der Waals surface area contributed by atoms with Gasteiger partial charge < -0.3 is 9.64 Å². The lowest BCUT2D eigenvalue weighted by Gasteiger charge is -2.28. The van der Waals surface area contributed by atoms with E-state index in [1.165, 1.54) is 5.56 Å². The molecule has 0 unspecified atom stereocenters. The first-order valence-electron chi connectivity index (χ1n) is 8.13. The molecule has 120 valence electrons. The molecular weight excluding hydrogens is 286 g/mol. The molecule has 0 aliphatic carbocycles. The number of amides is 1. The molecule has 23 heavy (non-hydrogen) atoms. The van der Waals surface area contributed by atoms with Crippen LogP contribution in [0.5, 0.6) is 0 Å². The summed E-state index contributed by atoms with van der Waals surface area (Å²) >= 11 is 0. The maximum absolute atomic E-state index is 12.9. The van der Waals surface area contributed by atoms with Gasteiger partial charge in [-0.25, -0.2) is 0 Å². The normalized spacial score (nSPS) is 20.7. The van der Waals surface area contributed by atoms with E-state index in [0.717, 1.165) is 30.5 Å². The van der Waals surface area contributed by atoms with Crippen LogP contribution in [0.4, 0.5) is 0 Å². The van der Waals surface area contributed by atoms with Crippen molar-refractivity contribution in [1.82, 2.24) is 4.90 Å². The van der Waals surface area contributed by atoms with Crippen LogP contribution in [-0.2, 0) is 11.2 Å². The molecule has 1 heterocycles. The van der Waals surface area contributed by atoms with Crippen molar-refractivity contribution < 1.29 is 9.53 Å². The van der Waals surface area contributed by atoms with Gasteiger partial charge in [-0.05, 0) is 37.5 Å². The van der Waals surface area contributed by atoms with E-state index >= 15 is 0 Å². The van der Waals surface area contributed by atoms with Gasteiger partial charge >= 0.3 is 0 Å². The Balaban J connectivity index is 1.83. The quantitative estimate of drug-likeness (QED) is 0.865. The first-order valence-corrected chi connectivity index (χ1v) is 8.13. The third kappa shape index (κ3) is 3.45. The summed E-state index contributed by atoms with van der Waals surface area (Å²) in [5.74, 6) is 0.106. The molecule has 0 radical (unpaired) electrons. The van der Waals surface area contributed by atoms with E-state index in [2.05, 4.69) is 12.1 Å². The summed E-state index contributed by atoms with van der Waals surface area (Å²) in [5, 5.41) is 0. The summed E-state index contributed by atoms with van der Waals surface area (Å²) in [4.78, 5) is 14.9. The Hall–Kier alpha value is -2.13. The van der Waals surface area contributed by atoms with Gasteiger partial charge in [-0.3, -0.25) is 4.79 Å². The standard InChI is InChI=1S/C20H23NO2/c1-15-7-6-10-17(13-15)20(22)21-12-11-19(23-2)18(21)14-16-8-4-3-5-9-16/h3-10,13,18-19H,11-12,14H2,1-2H3/t18-,19+/m0/s1. The van der Waals surface area contributed by atoms with Crippen molar-refractivity contribution in [1.29, 1.82) is 0 Å². The molecule has 3 heteroatoms. The van der Waals surface area contributed by atoms with Gasteiger partial charge in [0.15, 0.2) is 0 Å². The zero-order chi connectivity index (χ0) is 16.2. The first-order chi connectivity index (χ1) is 11.2. The summed E-state index contributed by atoms with van der Waals surface area (Å²) in [6.45, 7) is 2.77. The highest BCUT2D eigenvalue weighted by atomic mass is 16.5. The van der Waals surface area contributed by atoms with Crippen LogP contribution >= 0.6 is 0 Å². The maximum atomic E-state index is 12.9. The van der Waals surface area contributed by atoms with Gasteiger partial charge in [0.25, 0.3) is 5.91 Å². The van der Waals surface area contributed by atoms with Crippen molar-refractivity contribution in [3.8, 4) is 0 Å². The van der Waals surface area contributed by atoms with Gasteiger partial charge in [-0.2, -0.15) is 0 Å². The van der Waals surface area contributed by atoms with Gasteiger partial charge in [0.1, 0.15) is 0 Å². The van der Waals surface area contributed by atoms with E-state index < -0.39 is 0 Å². The molecule has 0 spiro atoms. The summed E-state index contributed by atoms with van der Waals surface area (Å²) in [6.07, 6.45) is 1.83. The number of carbonyl (C=O) groups is 1. The van der Waals surface area contributed by atoms with Crippen molar-refractivity contribution in [3.05, 3.63) is 71.3 Å². The molecule has 3 nitrogen and oxygen atoms in total. The van der Waals surface area contributed by atoms with Crippen molar-refractivity contribution >= 4 is 5.91 Å². The minimum atomic E-state index is 0.0930. The molecule has 2 atom stereocenters. The highest BCUT2D eigenvalue weighted by Gasteiger charge is 2.37. The van der Waals surface area contributed by atoms with Crippen LogP contribution in [0.25, 0.3) is 0 Å². The summed E-state index contributed by atoms with van der Waals surface area (Å²) < 4.78 is 5.64. The fourth-order valence-electron chi connectivity index (χ4n) is 3.39. The van der Waals surface area contributed by atoms with Gasteiger partial charge in [0.05, 0.1) is 12.1 Å². The molecule has 1 amide bonds. The van der Waals surface area contributed by atoms with E-state index in [4.69, 9.17) is 4.74 Å². The third-order valence-electron chi connectivity index (χ3n) is 4.60. The van der Waals surface area contributed by atoms with Crippen LogP contribution in [0.15, 0.2) is 54.6 Å². The Bertz CT molecular complexity index is 668. The molecular formula is C20H23NO2. The smallest absolute Gasteiger partial charge is 0.254 e. The van der Waals surface area contributed by atoms with E-state index in [9.17, 15) is 4.79 Å². The average molecular weight is 309 g/mol. The monoisotopic (exact) mass is 309 g/mol. The molecule has 0 aromatic heterocycles. The molecule has 0 saturated carbocycles. The lowest BCUT2D eigenvalue weighted by Crippen LogP contribution is -2.41. The molecule has 3 rings (SSSR count). The Labute approximate surface area is 137 Å². The minimum Gasteiger partial charge on any atom is -0.379 e. The number of benzene rings is 2. The topological polar surface area (TPSA) is 29.5 Å². The maximum Gasteiger partial charge on any atom is 0.254 e. The van der Waals surface area contributed by atoms with E-state index in [0.29, 0.717) is 0 Å². The highest BCUT2D eigenvalue weighted by Crippen LogP contribution is 2.26. The molecule has 1 saturated heterocycles. The largest absolute Gasteiger partial charge is 0.379 e. The number of hydrogen-bond donors (Lipinski definition) is 0. The first kappa shape index (κ1) is 15.8. The molecule has 1 aliphatic rings. The summed E-state index contributed by atoms with van der Waals surface area (Å²) in [6, 6.07) is 18.2. The van der Waals surface area contributed by atoms with Gasteiger partial charge in [0, 0.05) is 19.2 Å². The van der Waals surface area contributed by atoms with Crippen molar-refractivity contribution in [2.24, 2.45) is 0 Å². The summed E-state index contributed by atoms with van der Waals surface area (Å²) in [7, 11) is 1.74. The second kappa shape index (κ2) is 6.97. The molecule has 2 aromatic rings. The van der Waals surface area contributed by atoms with E-state index in [1.54, 1.807) is 7.11 Å². The van der Waals surface area contributed by atoms with E-state index in [1.807, 2.05) is 54.3 Å². The van der Waals surface area contributed by atoms with Crippen LogP contribution in [-0.4, -0.2) is 36.6 Å². The highest BCUT2D eigenvalue weighted by molar-refractivity contribution is 5.94. The summed E-state index contributed by atoms with van der Waals surface area (Å²) in [5.41, 5.74) is 3.11. The second-order valence-electron chi connectivity index (χ2n) is 6.19. The average Bonchev–Trinajstić information content (AvgIpc) is 2.97. The lowest BCUT2D eigenvalue weighted by molar-refractivity contribution is 0.0508. The number of aryl methyl sites for hydroxylation is 1. The third-order valence-corrected chi connectivity index (χ3v) is 4.60. The zero-order valence-electron chi connectivity index (χ0n) is 13.7. The van der Waals surface area contributed by atoms with Gasteiger partial charge in [-0.15, -0.1) is 0 Å². The Morgan fingerprint density at radius 1 is 1.17 bits per heavy atom. The molecule has 2 aromatic carbocycles. The molecule has 0 bridgehead atoms. The van der Waals surface area contributed by atoms with Crippen LogP contribution < -0.4 is 0 Å². The predicted octanol–water partition coefficient (Wildman–Crippen LogP) is 3.47. The number of ether oxygens (including phenoxy) is 1. The second-order valence-corrected chi connectivity index (χ2v) is 6.19. The van der Waals surface area contributed by atoms with Crippen LogP contribution in [0.1, 0.15) is 27.9 Å². The number of nitrogens with zero attached hydrogens (tertiary/aromatic N) is 1. The number of carbonyl (C=O) groups excluding carboxylic acids is 1. The predicted molar refractivity (Wildman–Crippen MR) is 91.6 cm³/mol. The fraction of sp³-hybridized carbons (Fsp3) is 0.350. The van der Waals surface area contributed by atoms with Crippen LogP contribution in [0.3, 0.4) is 0 Å². The van der Waals surface area contributed by atoms with Gasteiger partial charge in [0.2, 0.25) is 0 Å². The molecule has 0 N–H and O–H groups in total. The number of rotatable bonds is 4. The minimum absolute atomic E-state index is 0.0930. The fourth-order valence-corrected chi connectivity index (χ4v) is 3.39. The van der Waals surface area contributed by atoms with Crippen LogP contribution in [0.2, 0.25) is 0 Å². The Morgan fingerprint density at radius 2 is 1.96 bits per heavy atom. The van der Waals surface area contributed by atoms with Crippen LogP contribution in [0, 0.1) is 6.92 Å². The van der Waals surface area contributed by atoms with E-state index in [-0.39, 0.29) is 18.1 Å². The van der Waals surface area contributed by atoms with Gasteiger partial charge in [-0.1, -0.05) is 48.0 Å². The number of hydrogen-bond acceptors (Lipinski definition) is 2. The lowest BCUT2D eigenvalue weighted by atomic mass is 10.0. The molecule has 1 aliphatic heterocycles. The number of likely N-dealkylation sites (tertiary alicyclic amines) is 1. The Morgan fingerprint density at radius 3 is 2.65 bits per heavy atom. The SMILES string of the molecule is CO[C@@H]1CCN(C(=O)c2cccc(C)c2)[C@H]1Cc1ccccc1. The van der Waals surface area contributed by atoms with Crippen molar-refractivity contribution in [3.63, 3.8) is 0 Å². The molecule has 1 fully saturated rings. The van der Waals surface area contributed by atoms with Crippen molar-refractivity contribution in [2.75, 3.05) is 13.7 Å². The van der Waals surface area contributed by atoms with Crippen molar-refractivity contribution in [2.45, 2.75) is 31.9 Å². The number of methoxy groups -OCH3 is 1. The Kier molecular flexibility index (Phi) is 4.77. The zero-order valence-corrected chi connectivity index (χ0v) is 13.7.